The number of aromatic nitrogens is 4. The van der Waals surface area contributed by atoms with Gasteiger partial charge >= 0.3 is 0 Å². The van der Waals surface area contributed by atoms with Crippen LogP contribution in [0.5, 0.6) is 0 Å². The van der Waals surface area contributed by atoms with E-state index in [0.717, 1.165) is 43.2 Å². The third-order valence-corrected chi connectivity index (χ3v) is 7.98. The summed E-state index contributed by atoms with van der Waals surface area (Å²) >= 11 is 1.65. The van der Waals surface area contributed by atoms with E-state index >= 15 is 0 Å². The molecule has 5 aromatic rings. The minimum absolute atomic E-state index is 0.135. The van der Waals surface area contributed by atoms with Crippen LogP contribution in [-0.4, -0.2) is 43.9 Å². The molecule has 0 radical (unpaired) electrons. The van der Waals surface area contributed by atoms with Gasteiger partial charge < -0.3 is 9.84 Å². The minimum atomic E-state index is -0.732. The van der Waals surface area contributed by atoms with Crippen molar-refractivity contribution in [2.24, 2.45) is 0 Å². The monoisotopic (exact) mass is 498 g/mol. The number of hydrogen-bond donors (Lipinski definition) is 1. The van der Waals surface area contributed by atoms with E-state index in [4.69, 9.17) is 4.74 Å². The highest BCUT2D eigenvalue weighted by atomic mass is 32.1. The first kappa shape index (κ1) is 23.0. The maximum atomic E-state index is 13.7. The van der Waals surface area contributed by atoms with Crippen molar-refractivity contribution >= 4 is 33.0 Å². The number of ether oxygens (including phenoxy) is 1. The Kier molecular flexibility index (Phi) is 5.87. The molecular weight excluding hydrogens is 472 g/mol. The van der Waals surface area contributed by atoms with Crippen molar-refractivity contribution in [2.45, 2.75) is 38.8 Å². The molecule has 4 heterocycles. The van der Waals surface area contributed by atoms with Gasteiger partial charge in [0.05, 0.1) is 57.3 Å². The fourth-order valence-electron chi connectivity index (χ4n) is 5.16. The molecule has 6 rings (SSSR count). The topological polar surface area (TPSA) is 90.1 Å². The molecule has 0 aliphatic carbocycles. The average Bonchev–Trinajstić information content (AvgIpc) is 3.23. The fraction of sp³-hybridized carbons (Fsp3) is 0.286. The number of aryl methyl sites for hydroxylation is 2. The van der Waals surface area contributed by atoms with Gasteiger partial charge in [0.25, 0.3) is 5.56 Å². The Morgan fingerprint density at radius 1 is 1.11 bits per heavy atom. The Bertz CT molecular complexity index is 1660. The van der Waals surface area contributed by atoms with E-state index in [1.807, 2.05) is 50.4 Å². The van der Waals surface area contributed by atoms with Gasteiger partial charge in [0.1, 0.15) is 0 Å². The lowest BCUT2D eigenvalue weighted by atomic mass is 9.95. The van der Waals surface area contributed by atoms with Gasteiger partial charge in [0.15, 0.2) is 0 Å². The molecule has 0 bridgehead atoms. The highest BCUT2D eigenvalue weighted by Gasteiger charge is 2.27. The van der Waals surface area contributed by atoms with E-state index in [1.165, 1.54) is 0 Å². The Hall–Kier alpha value is -3.46. The normalized spacial score (nSPS) is 18.2. The van der Waals surface area contributed by atoms with E-state index in [-0.39, 0.29) is 18.2 Å². The first-order valence-electron chi connectivity index (χ1n) is 12.1. The van der Waals surface area contributed by atoms with Crippen molar-refractivity contribution in [2.75, 3.05) is 13.2 Å². The number of thiazole rings is 1. The Balaban J connectivity index is 1.48. The van der Waals surface area contributed by atoms with Crippen molar-refractivity contribution in [3.63, 3.8) is 0 Å². The number of aliphatic hydroxyl groups is 1. The van der Waals surface area contributed by atoms with Crippen molar-refractivity contribution in [1.29, 1.82) is 0 Å². The minimum Gasteiger partial charge on any atom is -0.389 e. The molecule has 2 aromatic carbocycles. The van der Waals surface area contributed by atoms with E-state index in [0.29, 0.717) is 30.4 Å². The number of pyridine rings is 1. The summed E-state index contributed by atoms with van der Waals surface area (Å²) in [4.78, 5) is 28.6. The van der Waals surface area contributed by atoms with Crippen LogP contribution in [0.25, 0.3) is 32.2 Å². The van der Waals surface area contributed by atoms with E-state index in [2.05, 4.69) is 27.1 Å². The molecule has 0 saturated carbocycles. The SMILES string of the molecule is Cc1nc(C)c(-c2cc(Cc3cc4c(=O)n([C@H]5CCOC[C@@H]5O)cnc4c4ccccc34)ccn2)s1. The third kappa shape index (κ3) is 4.01. The fourth-order valence-corrected chi connectivity index (χ4v) is 6.05. The summed E-state index contributed by atoms with van der Waals surface area (Å²) < 4.78 is 6.94. The van der Waals surface area contributed by atoms with Crippen LogP contribution in [0.1, 0.15) is 34.3 Å². The zero-order valence-corrected chi connectivity index (χ0v) is 21.0. The molecule has 0 spiro atoms. The average molecular weight is 499 g/mol. The van der Waals surface area contributed by atoms with Gasteiger partial charge in [-0.05, 0) is 61.4 Å². The molecule has 1 aliphatic rings. The number of rotatable bonds is 4. The summed E-state index contributed by atoms with van der Waals surface area (Å²) in [5.41, 5.74) is 4.61. The molecule has 1 aliphatic heterocycles. The molecule has 7 nitrogen and oxygen atoms in total. The molecule has 2 atom stereocenters. The van der Waals surface area contributed by atoms with Gasteiger partial charge in [-0.15, -0.1) is 11.3 Å². The zero-order chi connectivity index (χ0) is 24.8. The number of fused-ring (bicyclic) bond motifs is 3. The third-order valence-electron chi connectivity index (χ3n) is 6.88. The summed E-state index contributed by atoms with van der Waals surface area (Å²) in [7, 11) is 0. The van der Waals surface area contributed by atoms with E-state index in [9.17, 15) is 9.90 Å². The highest BCUT2D eigenvalue weighted by Crippen LogP contribution is 2.31. The van der Waals surface area contributed by atoms with Gasteiger partial charge in [-0.2, -0.15) is 0 Å². The standard InChI is InChI=1S/C28H26N4O3S/c1-16-27(36-17(2)31-16)23-12-18(7-9-29-23)11-19-13-22-26(21-6-4-3-5-20(19)21)30-15-32(28(22)34)24-8-10-35-14-25(24)33/h3-7,9,12-13,15,24-25,33H,8,10-11,14H2,1-2H3/t24-,25-/m0/s1. The lowest BCUT2D eigenvalue weighted by Gasteiger charge is -2.29. The van der Waals surface area contributed by atoms with Crippen LogP contribution < -0.4 is 5.56 Å². The van der Waals surface area contributed by atoms with Gasteiger partial charge in [-0.1, -0.05) is 24.3 Å². The lowest BCUT2D eigenvalue weighted by Crippen LogP contribution is -2.39. The van der Waals surface area contributed by atoms with Crippen LogP contribution in [-0.2, 0) is 11.2 Å². The summed E-state index contributed by atoms with van der Waals surface area (Å²) in [5, 5.41) is 14.1. The molecule has 3 aromatic heterocycles. The van der Waals surface area contributed by atoms with Crippen LogP contribution in [0.4, 0.5) is 0 Å². The first-order valence-corrected chi connectivity index (χ1v) is 12.9. The van der Waals surface area contributed by atoms with Crippen LogP contribution in [0.2, 0.25) is 0 Å². The van der Waals surface area contributed by atoms with Crippen LogP contribution in [0, 0.1) is 13.8 Å². The molecule has 36 heavy (non-hydrogen) atoms. The summed E-state index contributed by atoms with van der Waals surface area (Å²) in [5.74, 6) is 0. The van der Waals surface area contributed by atoms with Crippen molar-refractivity contribution < 1.29 is 9.84 Å². The second-order valence-corrected chi connectivity index (χ2v) is 10.5. The number of aliphatic hydroxyl groups excluding tert-OH is 1. The van der Waals surface area contributed by atoms with Gasteiger partial charge in [-0.3, -0.25) is 14.3 Å². The molecule has 0 amide bonds. The maximum absolute atomic E-state index is 13.7. The molecule has 0 unspecified atom stereocenters. The Morgan fingerprint density at radius 3 is 2.72 bits per heavy atom. The van der Waals surface area contributed by atoms with E-state index < -0.39 is 6.10 Å². The lowest BCUT2D eigenvalue weighted by molar-refractivity contribution is -0.0395. The second-order valence-electron chi connectivity index (χ2n) is 9.31. The molecule has 1 fully saturated rings. The molecule has 182 valence electrons. The predicted molar refractivity (Wildman–Crippen MR) is 142 cm³/mol. The van der Waals surface area contributed by atoms with Gasteiger partial charge in [0, 0.05) is 18.2 Å². The maximum Gasteiger partial charge on any atom is 0.261 e. The van der Waals surface area contributed by atoms with Crippen molar-refractivity contribution in [3.8, 4) is 10.6 Å². The van der Waals surface area contributed by atoms with Crippen molar-refractivity contribution in [3.05, 3.63) is 87.2 Å². The second kappa shape index (κ2) is 9.20. The summed E-state index contributed by atoms with van der Waals surface area (Å²) in [6, 6.07) is 13.8. The molecule has 1 saturated heterocycles. The van der Waals surface area contributed by atoms with Crippen LogP contribution in [0.3, 0.4) is 0 Å². The molecule has 8 heteroatoms. The van der Waals surface area contributed by atoms with E-state index in [1.54, 1.807) is 22.2 Å². The van der Waals surface area contributed by atoms with Crippen LogP contribution in [0.15, 0.2) is 59.8 Å². The largest absolute Gasteiger partial charge is 0.389 e. The van der Waals surface area contributed by atoms with Crippen LogP contribution >= 0.6 is 11.3 Å². The molecular formula is C28H26N4O3S. The first-order chi connectivity index (χ1) is 17.5. The summed E-state index contributed by atoms with van der Waals surface area (Å²) in [6.07, 6.45) is 3.90. The number of benzene rings is 2. The summed E-state index contributed by atoms with van der Waals surface area (Å²) in [6.45, 7) is 4.75. The van der Waals surface area contributed by atoms with Gasteiger partial charge in [0.2, 0.25) is 0 Å². The Morgan fingerprint density at radius 2 is 1.94 bits per heavy atom. The Labute approximate surface area is 212 Å². The zero-order valence-electron chi connectivity index (χ0n) is 20.1. The number of hydrogen-bond acceptors (Lipinski definition) is 7. The van der Waals surface area contributed by atoms with Crippen molar-refractivity contribution in [1.82, 2.24) is 19.5 Å². The quantitative estimate of drug-likeness (QED) is 0.364. The smallest absolute Gasteiger partial charge is 0.261 e. The molecule has 1 N–H and O–H groups in total. The highest BCUT2D eigenvalue weighted by molar-refractivity contribution is 7.15. The number of nitrogens with zero attached hydrogens (tertiary/aromatic N) is 4. The van der Waals surface area contributed by atoms with Gasteiger partial charge in [-0.25, -0.2) is 9.97 Å². The predicted octanol–water partition coefficient (Wildman–Crippen LogP) is 4.60.